The molecule has 0 bridgehead atoms. The van der Waals surface area contributed by atoms with Gasteiger partial charge in [-0.25, -0.2) is 8.78 Å². The smallest absolute Gasteiger partial charge is 0.192 e. The Morgan fingerprint density at radius 3 is 2.45 bits per heavy atom. The maximum Gasteiger partial charge on any atom is 0.192 e. The Morgan fingerprint density at radius 2 is 1.76 bits per heavy atom. The first kappa shape index (κ1) is 19.3. The highest BCUT2D eigenvalue weighted by atomic mass is 35.5. The molecule has 0 aliphatic rings. The van der Waals surface area contributed by atoms with Crippen molar-refractivity contribution in [1.82, 2.24) is 30.2 Å². The molecule has 0 spiro atoms. The first-order chi connectivity index (χ1) is 13.8. The zero-order chi connectivity index (χ0) is 20.8. The van der Waals surface area contributed by atoms with Crippen molar-refractivity contribution in [3.63, 3.8) is 0 Å². The standard InChI is InChI=1S/C19H17ClF2N6O/c1-4-28-17(10-5-6-14-15(7-10)24-27-23-14)25-26-18(28)19(2,3)29-16-12(21)8-11(20)9-13(16)22/h5-9H,4H2,1-3H3,(H,23,24,27). The minimum atomic E-state index is -1.17. The number of hydrogen-bond acceptors (Lipinski definition) is 5. The molecule has 2 aromatic heterocycles. The molecular formula is C19H17ClF2N6O. The summed E-state index contributed by atoms with van der Waals surface area (Å²) in [5, 5.41) is 19.2. The summed E-state index contributed by atoms with van der Waals surface area (Å²) < 4.78 is 36.0. The molecular weight excluding hydrogens is 402 g/mol. The minimum absolute atomic E-state index is 0.0487. The van der Waals surface area contributed by atoms with Crippen LogP contribution in [-0.4, -0.2) is 30.2 Å². The van der Waals surface area contributed by atoms with Gasteiger partial charge in [-0.05, 0) is 51.1 Å². The van der Waals surface area contributed by atoms with E-state index < -0.39 is 23.0 Å². The number of benzene rings is 2. The number of hydrogen-bond donors (Lipinski definition) is 1. The highest BCUT2D eigenvalue weighted by Crippen LogP contribution is 2.34. The van der Waals surface area contributed by atoms with Gasteiger partial charge in [-0.1, -0.05) is 11.6 Å². The molecule has 0 saturated carbocycles. The van der Waals surface area contributed by atoms with E-state index in [2.05, 4.69) is 25.6 Å². The van der Waals surface area contributed by atoms with Crippen LogP contribution in [0.2, 0.25) is 5.02 Å². The molecule has 4 aromatic rings. The Morgan fingerprint density at radius 1 is 1.07 bits per heavy atom. The maximum atomic E-state index is 14.2. The maximum absolute atomic E-state index is 14.2. The fourth-order valence-corrected chi connectivity index (χ4v) is 3.36. The molecule has 0 amide bonds. The van der Waals surface area contributed by atoms with Gasteiger partial charge in [0.05, 0.1) is 0 Å². The third-order valence-electron chi connectivity index (χ3n) is 4.50. The Labute approximate surface area is 169 Å². The van der Waals surface area contributed by atoms with Crippen LogP contribution < -0.4 is 4.74 Å². The third-order valence-corrected chi connectivity index (χ3v) is 4.72. The number of nitrogens with zero attached hydrogens (tertiary/aromatic N) is 5. The van der Waals surface area contributed by atoms with Crippen molar-refractivity contribution < 1.29 is 13.5 Å². The van der Waals surface area contributed by atoms with Gasteiger partial charge in [0.1, 0.15) is 11.0 Å². The van der Waals surface area contributed by atoms with Crippen molar-refractivity contribution in [3.05, 3.63) is 52.8 Å². The van der Waals surface area contributed by atoms with Crippen LogP contribution in [0.5, 0.6) is 5.75 Å². The summed E-state index contributed by atoms with van der Waals surface area (Å²) in [5.41, 5.74) is 1.03. The van der Waals surface area contributed by atoms with Crippen LogP contribution in [0.25, 0.3) is 22.4 Å². The summed E-state index contributed by atoms with van der Waals surface area (Å²) in [4.78, 5) is 0. The zero-order valence-corrected chi connectivity index (χ0v) is 16.6. The lowest BCUT2D eigenvalue weighted by atomic mass is 10.1. The van der Waals surface area contributed by atoms with E-state index >= 15 is 0 Å². The largest absolute Gasteiger partial charge is 0.474 e. The molecule has 10 heteroatoms. The molecule has 0 fully saturated rings. The second-order valence-corrected chi connectivity index (χ2v) is 7.37. The molecule has 150 valence electrons. The fourth-order valence-electron chi connectivity index (χ4n) is 3.17. The fraction of sp³-hybridized carbons (Fsp3) is 0.263. The van der Waals surface area contributed by atoms with Gasteiger partial charge in [-0.3, -0.25) is 0 Å². The number of aromatic amines is 1. The van der Waals surface area contributed by atoms with E-state index in [1.54, 1.807) is 13.8 Å². The van der Waals surface area contributed by atoms with Gasteiger partial charge >= 0.3 is 0 Å². The van der Waals surface area contributed by atoms with Gasteiger partial charge in [0, 0.05) is 17.1 Å². The van der Waals surface area contributed by atoms with E-state index in [4.69, 9.17) is 16.3 Å². The Balaban J connectivity index is 1.75. The number of rotatable bonds is 5. The van der Waals surface area contributed by atoms with Gasteiger partial charge in [-0.2, -0.15) is 15.4 Å². The van der Waals surface area contributed by atoms with E-state index in [1.807, 2.05) is 29.7 Å². The first-order valence-corrected chi connectivity index (χ1v) is 9.26. The summed E-state index contributed by atoms with van der Waals surface area (Å²) in [6.07, 6.45) is 0. The van der Waals surface area contributed by atoms with Gasteiger partial charge in [0.2, 0.25) is 0 Å². The predicted octanol–water partition coefficient (Wildman–Crippen LogP) is 4.48. The van der Waals surface area contributed by atoms with Crippen molar-refractivity contribution in [2.24, 2.45) is 0 Å². The molecule has 4 rings (SSSR count). The van der Waals surface area contributed by atoms with E-state index in [1.165, 1.54) is 0 Å². The lowest BCUT2D eigenvalue weighted by Gasteiger charge is -2.26. The number of aromatic nitrogens is 6. The Kier molecular flexibility index (Phi) is 4.70. The quantitative estimate of drug-likeness (QED) is 0.516. The lowest BCUT2D eigenvalue weighted by Crippen LogP contribution is -2.30. The molecule has 2 heterocycles. The molecule has 0 aliphatic heterocycles. The minimum Gasteiger partial charge on any atom is -0.474 e. The van der Waals surface area contributed by atoms with E-state index in [9.17, 15) is 8.78 Å². The number of H-pyrrole nitrogens is 1. The van der Waals surface area contributed by atoms with Crippen LogP contribution in [0.1, 0.15) is 26.6 Å². The normalized spacial score (nSPS) is 11.9. The highest BCUT2D eigenvalue weighted by Gasteiger charge is 2.33. The summed E-state index contributed by atoms with van der Waals surface area (Å²) in [7, 11) is 0. The monoisotopic (exact) mass is 418 g/mol. The lowest BCUT2D eigenvalue weighted by molar-refractivity contribution is 0.0827. The van der Waals surface area contributed by atoms with Gasteiger partial charge in [0.25, 0.3) is 0 Å². The first-order valence-electron chi connectivity index (χ1n) is 8.88. The second kappa shape index (κ2) is 7.07. The Hall–Kier alpha value is -3.07. The predicted molar refractivity (Wildman–Crippen MR) is 104 cm³/mol. The molecule has 1 N–H and O–H groups in total. The van der Waals surface area contributed by atoms with E-state index in [-0.39, 0.29) is 5.02 Å². The number of fused-ring (bicyclic) bond motifs is 1. The number of ether oxygens (including phenoxy) is 1. The van der Waals surface area contributed by atoms with Crippen molar-refractivity contribution >= 4 is 22.6 Å². The van der Waals surface area contributed by atoms with Gasteiger partial charge in [-0.15, -0.1) is 10.2 Å². The molecule has 0 unspecified atom stereocenters. The highest BCUT2D eigenvalue weighted by molar-refractivity contribution is 6.30. The number of nitrogens with one attached hydrogen (secondary N) is 1. The van der Waals surface area contributed by atoms with Crippen LogP contribution in [0.3, 0.4) is 0 Å². The molecule has 0 atom stereocenters. The van der Waals surface area contributed by atoms with Crippen molar-refractivity contribution in [2.45, 2.75) is 32.9 Å². The molecule has 0 aliphatic carbocycles. The van der Waals surface area contributed by atoms with Crippen molar-refractivity contribution in [3.8, 4) is 17.1 Å². The van der Waals surface area contributed by atoms with Crippen LogP contribution in [0.15, 0.2) is 30.3 Å². The zero-order valence-electron chi connectivity index (χ0n) is 15.9. The van der Waals surface area contributed by atoms with Gasteiger partial charge in [0.15, 0.2) is 34.6 Å². The Bertz CT molecular complexity index is 1180. The topological polar surface area (TPSA) is 81.5 Å². The average molecular weight is 419 g/mol. The molecule has 0 saturated heterocycles. The SMILES string of the molecule is CCn1c(-c2ccc3n[nH]nc3c2)nnc1C(C)(C)Oc1c(F)cc(Cl)cc1F. The molecule has 2 aromatic carbocycles. The summed E-state index contributed by atoms with van der Waals surface area (Å²) in [6.45, 7) is 5.78. The van der Waals surface area contributed by atoms with Gasteiger partial charge < -0.3 is 9.30 Å². The molecule has 7 nitrogen and oxygen atoms in total. The van der Waals surface area contributed by atoms with Crippen LogP contribution >= 0.6 is 11.6 Å². The molecule has 29 heavy (non-hydrogen) atoms. The summed E-state index contributed by atoms with van der Waals surface area (Å²) in [6, 6.07) is 7.52. The summed E-state index contributed by atoms with van der Waals surface area (Å²) >= 11 is 5.69. The molecule has 0 radical (unpaired) electrons. The van der Waals surface area contributed by atoms with Crippen LogP contribution in [0, 0.1) is 11.6 Å². The van der Waals surface area contributed by atoms with E-state index in [0.29, 0.717) is 23.7 Å². The average Bonchev–Trinajstić information content (AvgIpc) is 3.30. The van der Waals surface area contributed by atoms with Crippen LogP contribution in [-0.2, 0) is 12.1 Å². The number of halogens is 3. The van der Waals surface area contributed by atoms with Crippen molar-refractivity contribution in [2.75, 3.05) is 0 Å². The third kappa shape index (κ3) is 3.42. The second-order valence-electron chi connectivity index (χ2n) is 6.93. The van der Waals surface area contributed by atoms with E-state index in [0.717, 1.165) is 23.2 Å². The van der Waals surface area contributed by atoms with Crippen molar-refractivity contribution in [1.29, 1.82) is 0 Å². The summed E-state index contributed by atoms with van der Waals surface area (Å²) in [5.74, 6) is -1.29. The van der Waals surface area contributed by atoms with Crippen LogP contribution in [0.4, 0.5) is 8.78 Å².